The molecule has 1 N–H and O–H groups in total. The fourth-order valence-electron chi connectivity index (χ4n) is 2.75. The van der Waals surface area contributed by atoms with E-state index in [0.29, 0.717) is 17.3 Å². The van der Waals surface area contributed by atoms with E-state index in [0.717, 1.165) is 29.8 Å². The van der Waals surface area contributed by atoms with Gasteiger partial charge in [-0.2, -0.15) is 0 Å². The molecule has 3 aromatic rings. The summed E-state index contributed by atoms with van der Waals surface area (Å²) in [5.74, 6) is 0.388. The summed E-state index contributed by atoms with van der Waals surface area (Å²) in [7, 11) is 0. The van der Waals surface area contributed by atoms with Gasteiger partial charge < -0.3 is 4.74 Å². The van der Waals surface area contributed by atoms with Crippen LogP contribution in [0.5, 0.6) is 5.75 Å². The van der Waals surface area contributed by atoms with Crippen molar-refractivity contribution in [2.45, 2.75) is 26.7 Å². The van der Waals surface area contributed by atoms with Crippen molar-refractivity contribution in [1.29, 1.82) is 0 Å². The number of hydrogen-bond donors (Lipinski definition) is 1. The van der Waals surface area contributed by atoms with Crippen LogP contribution in [0.1, 0.15) is 35.7 Å². The maximum atomic E-state index is 12.5. The Hall–Kier alpha value is -3.26. The lowest BCUT2D eigenvalue weighted by Crippen LogP contribution is -2.14. The van der Waals surface area contributed by atoms with Gasteiger partial charge in [0.2, 0.25) is 0 Å². The summed E-state index contributed by atoms with van der Waals surface area (Å²) in [5, 5.41) is 16.1. The normalized spacial score (nSPS) is 10.6. The van der Waals surface area contributed by atoms with Crippen molar-refractivity contribution in [2.75, 3.05) is 11.9 Å². The molecule has 0 saturated carbocycles. The first-order chi connectivity index (χ1) is 14.0. The largest absolute Gasteiger partial charge is 0.494 e. The van der Waals surface area contributed by atoms with Gasteiger partial charge >= 0.3 is 0 Å². The molecule has 0 atom stereocenters. The highest BCUT2D eigenvalue weighted by atomic mass is 32.1. The number of nitro groups is 1. The molecule has 3 rings (SSSR count). The highest BCUT2D eigenvalue weighted by Crippen LogP contribution is 2.28. The van der Waals surface area contributed by atoms with Gasteiger partial charge in [0, 0.05) is 28.1 Å². The fourth-order valence-corrected chi connectivity index (χ4v) is 3.47. The van der Waals surface area contributed by atoms with Crippen molar-refractivity contribution in [3.63, 3.8) is 0 Å². The van der Waals surface area contributed by atoms with Gasteiger partial charge in [0.05, 0.1) is 17.2 Å². The molecule has 0 aliphatic carbocycles. The third-order valence-electron chi connectivity index (χ3n) is 4.39. The lowest BCUT2D eigenvalue weighted by atomic mass is 10.1. The van der Waals surface area contributed by atoms with Gasteiger partial charge in [0.25, 0.3) is 11.6 Å². The number of nitrogens with one attached hydrogen (secondary N) is 1. The topological polar surface area (TPSA) is 94.4 Å². The summed E-state index contributed by atoms with van der Waals surface area (Å²) < 4.78 is 5.66. The van der Waals surface area contributed by atoms with Gasteiger partial charge in [-0.1, -0.05) is 19.4 Å². The summed E-state index contributed by atoms with van der Waals surface area (Å²) in [6.45, 7) is 4.37. The van der Waals surface area contributed by atoms with E-state index in [2.05, 4.69) is 17.2 Å². The van der Waals surface area contributed by atoms with Gasteiger partial charge in [-0.3, -0.25) is 20.2 Å². The summed E-state index contributed by atoms with van der Waals surface area (Å²) in [4.78, 5) is 27.6. The van der Waals surface area contributed by atoms with E-state index in [-0.39, 0.29) is 11.3 Å². The molecular formula is C21H21N3O4S. The van der Waals surface area contributed by atoms with Crippen LogP contribution in [0, 0.1) is 17.0 Å². The predicted molar refractivity (Wildman–Crippen MR) is 114 cm³/mol. The molecule has 0 aliphatic heterocycles. The number of aromatic nitrogens is 1. The Balaban J connectivity index is 1.70. The Kier molecular flexibility index (Phi) is 6.56. The van der Waals surface area contributed by atoms with Crippen molar-refractivity contribution >= 4 is 28.1 Å². The second kappa shape index (κ2) is 9.29. The molecule has 1 aromatic heterocycles. The minimum atomic E-state index is -0.497. The first-order valence-electron chi connectivity index (χ1n) is 9.23. The Morgan fingerprint density at radius 1 is 1.24 bits per heavy atom. The highest BCUT2D eigenvalue weighted by Gasteiger charge is 2.19. The van der Waals surface area contributed by atoms with Crippen LogP contribution in [0.4, 0.5) is 10.8 Å². The number of anilines is 1. The van der Waals surface area contributed by atoms with Gasteiger partial charge in [-0.05, 0) is 43.7 Å². The second-order valence-corrected chi connectivity index (χ2v) is 7.28. The molecule has 0 fully saturated rings. The average Bonchev–Trinajstić information content (AvgIpc) is 3.17. The highest BCUT2D eigenvalue weighted by molar-refractivity contribution is 7.14. The zero-order chi connectivity index (χ0) is 20.8. The molecule has 150 valence electrons. The number of benzene rings is 2. The Morgan fingerprint density at radius 2 is 2.00 bits per heavy atom. The van der Waals surface area contributed by atoms with E-state index in [4.69, 9.17) is 4.74 Å². The van der Waals surface area contributed by atoms with E-state index < -0.39 is 10.8 Å². The molecule has 1 amide bonds. The monoisotopic (exact) mass is 411 g/mol. The molecule has 0 radical (unpaired) electrons. The van der Waals surface area contributed by atoms with Crippen LogP contribution in [0.15, 0.2) is 47.8 Å². The molecule has 7 nitrogen and oxygen atoms in total. The zero-order valence-electron chi connectivity index (χ0n) is 16.2. The van der Waals surface area contributed by atoms with Crippen molar-refractivity contribution in [2.24, 2.45) is 0 Å². The zero-order valence-corrected chi connectivity index (χ0v) is 17.0. The van der Waals surface area contributed by atoms with Gasteiger partial charge in [-0.15, -0.1) is 11.3 Å². The van der Waals surface area contributed by atoms with Crippen LogP contribution in [0.2, 0.25) is 0 Å². The predicted octanol–water partition coefficient (Wildman–Crippen LogP) is 5.46. The maximum absolute atomic E-state index is 12.5. The van der Waals surface area contributed by atoms with Gasteiger partial charge in [0.1, 0.15) is 5.75 Å². The number of thiazole rings is 1. The van der Waals surface area contributed by atoms with Crippen LogP contribution in [0.3, 0.4) is 0 Å². The van der Waals surface area contributed by atoms with Crippen LogP contribution in [-0.4, -0.2) is 22.4 Å². The quantitative estimate of drug-likeness (QED) is 0.302. The van der Waals surface area contributed by atoms with E-state index in [1.165, 1.54) is 23.5 Å². The minimum absolute atomic E-state index is 0.0845. The molecule has 0 unspecified atom stereocenters. The second-order valence-electron chi connectivity index (χ2n) is 6.43. The number of carbonyl (C=O) groups is 1. The Labute approximate surface area is 172 Å². The number of amides is 1. The summed E-state index contributed by atoms with van der Waals surface area (Å²) in [6.07, 6.45) is 2.10. The Bertz CT molecular complexity index is 1020. The van der Waals surface area contributed by atoms with Crippen molar-refractivity contribution in [1.82, 2.24) is 4.98 Å². The molecule has 0 aliphatic rings. The smallest absolute Gasteiger partial charge is 0.273 e. The third kappa shape index (κ3) is 4.97. The third-order valence-corrected chi connectivity index (χ3v) is 5.15. The SMILES string of the molecule is CCCCOc1ccc(-c2csc(NC(=O)c3cccc([N+](=O)[O-])c3C)n2)cc1. The number of unbranched alkanes of at least 4 members (excludes halogenated alkanes) is 1. The molecule has 8 heteroatoms. The number of rotatable bonds is 8. The van der Waals surface area contributed by atoms with E-state index in [1.54, 1.807) is 13.0 Å². The summed E-state index contributed by atoms with van der Waals surface area (Å²) >= 11 is 1.30. The Morgan fingerprint density at radius 3 is 2.69 bits per heavy atom. The summed E-state index contributed by atoms with van der Waals surface area (Å²) in [5.41, 5.74) is 2.14. The fraction of sp³-hybridized carbons (Fsp3) is 0.238. The average molecular weight is 411 g/mol. The van der Waals surface area contributed by atoms with Crippen molar-refractivity contribution in [3.8, 4) is 17.0 Å². The lowest BCUT2D eigenvalue weighted by molar-refractivity contribution is -0.385. The van der Waals surface area contributed by atoms with Crippen LogP contribution >= 0.6 is 11.3 Å². The summed E-state index contributed by atoms with van der Waals surface area (Å²) in [6, 6.07) is 12.1. The molecule has 2 aromatic carbocycles. The molecule has 0 spiro atoms. The van der Waals surface area contributed by atoms with Gasteiger partial charge in [-0.25, -0.2) is 4.98 Å². The van der Waals surface area contributed by atoms with Crippen LogP contribution in [0.25, 0.3) is 11.3 Å². The van der Waals surface area contributed by atoms with Crippen LogP contribution in [-0.2, 0) is 0 Å². The maximum Gasteiger partial charge on any atom is 0.273 e. The molecular weight excluding hydrogens is 390 g/mol. The number of hydrogen-bond acceptors (Lipinski definition) is 6. The number of ether oxygens (including phenoxy) is 1. The van der Waals surface area contributed by atoms with E-state index in [1.807, 2.05) is 29.6 Å². The first kappa shape index (κ1) is 20.5. The van der Waals surface area contributed by atoms with Crippen molar-refractivity contribution in [3.05, 3.63) is 69.1 Å². The molecule has 29 heavy (non-hydrogen) atoms. The minimum Gasteiger partial charge on any atom is -0.494 e. The number of nitro benzene ring substituents is 1. The lowest BCUT2D eigenvalue weighted by Gasteiger charge is -2.06. The van der Waals surface area contributed by atoms with Gasteiger partial charge in [0.15, 0.2) is 5.13 Å². The number of nitrogens with zero attached hydrogens (tertiary/aromatic N) is 2. The molecule has 1 heterocycles. The van der Waals surface area contributed by atoms with Crippen molar-refractivity contribution < 1.29 is 14.5 Å². The number of carbonyl (C=O) groups excluding carboxylic acids is 1. The molecule has 0 bridgehead atoms. The van der Waals surface area contributed by atoms with E-state index in [9.17, 15) is 14.9 Å². The van der Waals surface area contributed by atoms with E-state index >= 15 is 0 Å². The standard InChI is InChI=1S/C21H21N3O4S/c1-3-4-12-28-16-10-8-15(9-11-16)18-13-29-21(22-18)23-20(25)17-6-5-7-19(14(17)2)24(26)27/h5-11,13H,3-4,12H2,1-2H3,(H,22,23,25). The van der Waals surface area contributed by atoms with Crippen LogP contribution < -0.4 is 10.1 Å². The molecule has 0 saturated heterocycles. The first-order valence-corrected chi connectivity index (χ1v) is 10.1.